The number of aromatic nitrogens is 1. The van der Waals surface area contributed by atoms with Gasteiger partial charge < -0.3 is 10.1 Å². The highest BCUT2D eigenvalue weighted by Crippen LogP contribution is 2.33. The molecular weight excluding hydrogens is 436 g/mol. The highest BCUT2D eigenvalue weighted by Gasteiger charge is 2.34. The van der Waals surface area contributed by atoms with Crippen LogP contribution in [0, 0.1) is 11.6 Å². The molecule has 2 N–H and O–H groups in total. The van der Waals surface area contributed by atoms with E-state index in [1.807, 2.05) is 29.2 Å². The summed E-state index contributed by atoms with van der Waals surface area (Å²) in [6.45, 7) is 2.34. The maximum atomic E-state index is 13.6. The van der Waals surface area contributed by atoms with Gasteiger partial charge in [0, 0.05) is 48.8 Å². The largest absolute Gasteiger partial charge is 0.480 e. The number of piperazine rings is 1. The number of nitrogens with zero attached hydrogens (tertiary/aromatic N) is 2. The highest BCUT2D eigenvalue weighted by molar-refractivity contribution is 5.89. The number of rotatable bonds is 6. The van der Waals surface area contributed by atoms with Crippen LogP contribution in [0.4, 0.5) is 8.78 Å². The molecular formula is C27H25F2N3O2. The second kappa shape index (κ2) is 9.37. The Bertz CT molecular complexity index is 1230. The van der Waals surface area contributed by atoms with Gasteiger partial charge in [-0.2, -0.15) is 0 Å². The third kappa shape index (κ3) is 4.32. The molecule has 1 atom stereocenters. The van der Waals surface area contributed by atoms with Crippen molar-refractivity contribution in [2.75, 3.05) is 26.2 Å². The molecule has 0 radical (unpaired) electrons. The molecule has 0 bridgehead atoms. The van der Waals surface area contributed by atoms with Crippen LogP contribution in [0.5, 0.6) is 0 Å². The number of aromatic amines is 1. The van der Waals surface area contributed by atoms with Gasteiger partial charge in [-0.15, -0.1) is 0 Å². The first-order chi connectivity index (χ1) is 16.5. The Morgan fingerprint density at radius 1 is 0.794 bits per heavy atom. The Balaban J connectivity index is 1.40. The Morgan fingerprint density at radius 2 is 1.32 bits per heavy atom. The van der Waals surface area contributed by atoms with Crippen molar-refractivity contribution in [3.63, 3.8) is 0 Å². The zero-order valence-corrected chi connectivity index (χ0v) is 18.5. The number of carboxylic acid groups (broad SMARTS) is 1. The summed E-state index contributed by atoms with van der Waals surface area (Å²) in [5, 5.41) is 11.0. The normalized spacial score (nSPS) is 16.2. The van der Waals surface area contributed by atoms with Gasteiger partial charge in [-0.1, -0.05) is 42.5 Å². The number of hydrogen-bond donors (Lipinski definition) is 2. The zero-order chi connectivity index (χ0) is 23.7. The van der Waals surface area contributed by atoms with Crippen molar-refractivity contribution in [1.29, 1.82) is 0 Å². The molecule has 4 aromatic rings. The molecule has 174 valence electrons. The van der Waals surface area contributed by atoms with Crippen LogP contribution < -0.4 is 0 Å². The van der Waals surface area contributed by atoms with E-state index in [9.17, 15) is 18.7 Å². The first-order valence-corrected chi connectivity index (χ1v) is 11.3. The predicted molar refractivity (Wildman–Crippen MR) is 126 cm³/mol. The maximum absolute atomic E-state index is 13.6. The van der Waals surface area contributed by atoms with E-state index >= 15 is 0 Å². The quantitative estimate of drug-likeness (QED) is 0.425. The summed E-state index contributed by atoms with van der Waals surface area (Å²) in [5.41, 5.74) is 3.49. The SMILES string of the molecule is O=C(O)C(c1c[nH]c2ccccc12)N1CCN(C(c2ccc(F)cc2)c2ccc(F)cc2)CC1. The first-order valence-electron chi connectivity index (χ1n) is 11.3. The van der Waals surface area contributed by atoms with Crippen molar-refractivity contribution in [3.8, 4) is 0 Å². The number of para-hydroxylation sites is 1. The van der Waals surface area contributed by atoms with E-state index in [1.165, 1.54) is 24.3 Å². The molecule has 1 aliphatic rings. The van der Waals surface area contributed by atoms with Crippen LogP contribution in [0.3, 0.4) is 0 Å². The summed E-state index contributed by atoms with van der Waals surface area (Å²) in [6, 6.07) is 19.5. The molecule has 0 aliphatic carbocycles. The second-order valence-corrected chi connectivity index (χ2v) is 8.61. The summed E-state index contributed by atoms with van der Waals surface area (Å²) >= 11 is 0. The highest BCUT2D eigenvalue weighted by atomic mass is 19.1. The number of carbonyl (C=O) groups is 1. The lowest BCUT2D eigenvalue weighted by atomic mass is 9.95. The lowest BCUT2D eigenvalue weighted by Gasteiger charge is -2.41. The van der Waals surface area contributed by atoms with Crippen LogP contribution in [-0.4, -0.2) is 52.0 Å². The molecule has 1 saturated heterocycles. The van der Waals surface area contributed by atoms with E-state index in [-0.39, 0.29) is 17.7 Å². The third-order valence-corrected chi connectivity index (χ3v) is 6.60. The number of fused-ring (bicyclic) bond motifs is 1. The van der Waals surface area contributed by atoms with Gasteiger partial charge in [0.25, 0.3) is 0 Å². The molecule has 34 heavy (non-hydrogen) atoms. The molecule has 1 aromatic heterocycles. The summed E-state index contributed by atoms with van der Waals surface area (Å²) in [6.07, 6.45) is 1.79. The number of H-pyrrole nitrogens is 1. The molecule has 5 rings (SSSR count). The van der Waals surface area contributed by atoms with Crippen LogP contribution in [0.2, 0.25) is 0 Å². The monoisotopic (exact) mass is 461 g/mol. The van der Waals surface area contributed by atoms with Gasteiger partial charge >= 0.3 is 5.97 Å². The average molecular weight is 462 g/mol. The second-order valence-electron chi connectivity index (χ2n) is 8.61. The van der Waals surface area contributed by atoms with Gasteiger partial charge in [0.05, 0.1) is 6.04 Å². The molecule has 0 amide bonds. The fraction of sp³-hybridized carbons (Fsp3) is 0.222. The minimum absolute atomic E-state index is 0.181. The molecule has 2 heterocycles. The summed E-state index contributed by atoms with van der Waals surface area (Å²) < 4.78 is 27.2. The van der Waals surface area contributed by atoms with E-state index in [0.29, 0.717) is 26.2 Å². The minimum Gasteiger partial charge on any atom is -0.480 e. The van der Waals surface area contributed by atoms with Gasteiger partial charge in [-0.05, 0) is 41.5 Å². The van der Waals surface area contributed by atoms with E-state index < -0.39 is 12.0 Å². The van der Waals surface area contributed by atoms with E-state index in [0.717, 1.165) is 27.6 Å². The van der Waals surface area contributed by atoms with E-state index in [4.69, 9.17) is 0 Å². The Kier molecular flexibility index (Phi) is 6.13. The molecule has 7 heteroatoms. The van der Waals surface area contributed by atoms with Crippen molar-refractivity contribution in [1.82, 2.24) is 14.8 Å². The number of aliphatic carboxylic acids is 1. The van der Waals surface area contributed by atoms with Gasteiger partial charge in [0.1, 0.15) is 17.7 Å². The van der Waals surface area contributed by atoms with Gasteiger partial charge in [0.2, 0.25) is 0 Å². The van der Waals surface area contributed by atoms with Crippen molar-refractivity contribution < 1.29 is 18.7 Å². The number of carboxylic acids is 1. The van der Waals surface area contributed by atoms with Crippen LogP contribution in [0.25, 0.3) is 10.9 Å². The van der Waals surface area contributed by atoms with Crippen molar-refractivity contribution in [3.05, 3.63) is 107 Å². The topological polar surface area (TPSA) is 59.6 Å². The Labute approximate surface area is 196 Å². The molecule has 3 aromatic carbocycles. The van der Waals surface area contributed by atoms with Crippen molar-refractivity contribution >= 4 is 16.9 Å². The lowest BCUT2D eigenvalue weighted by molar-refractivity contribution is -0.144. The Hall–Kier alpha value is -3.55. The summed E-state index contributed by atoms with van der Waals surface area (Å²) in [4.78, 5) is 19.7. The van der Waals surface area contributed by atoms with Crippen LogP contribution >= 0.6 is 0 Å². The molecule has 5 nitrogen and oxygen atoms in total. The van der Waals surface area contributed by atoms with Gasteiger partial charge in [-0.3, -0.25) is 14.6 Å². The molecule has 1 fully saturated rings. The lowest BCUT2D eigenvalue weighted by Crippen LogP contribution is -2.50. The van der Waals surface area contributed by atoms with E-state index in [2.05, 4.69) is 9.88 Å². The Morgan fingerprint density at radius 3 is 1.88 bits per heavy atom. The fourth-order valence-electron chi connectivity index (χ4n) is 4.96. The average Bonchev–Trinajstić information content (AvgIpc) is 3.26. The standard InChI is InChI=1S/C27H25F2N3O2/c28-20-9-5-18(6-10-20)25(19-7-11-21(29)12-8-19)31-13-15-32(16-14-31)26(27(33)34)23-17-30-24-4-2-1-3-22(23)24/h1-12,17,25-26,30H,13-16H2,(H,33,34). The zero-order valence-electron chi connectivity index (χ0n) is 18.5. The summed E-state index contributed by atoms with van der Waals surface area (Å²) in [5.74, 6) is -1.50. The molecule has 0 spiro atoms. The minimum atomic E-state index is -0.883. The molecule has 0 saturated carbocycles. The van der Waals surface area contributed by atoms with Crippen LogP contribution in [0.15, 0.2) is 79.0 Å². The predicted octanol–water partition coefficient (Wildman–Crippen LogP) is 4.98. The summed E-state index contributed by atoms with van der Waals surface area (Å²) in [7, 11) is 0. The van der Waals surface area contributed by atoms with Gasteiger partial charge in [0.15, 0.2) is 0 Å². The van der Waals surface area contributed by atoms with Crippen LogP contribution in [0.1, 0.15) is 28.8 Å². The number of benzene rings is 3. The maximum Gasteiger partial charge on any atom is 0.325 e. The smallest absolute Gasteiger partial charge is 0.325 e. The molecule has 1 aliphatic heterocycles. The number of hydrogen-bond acceptors (Lipinski definition) is 3. The van der Waals surface area contributed by atoms with E-state index in [1.54, 1.807) is 30.5 Å². The molecule has 1 unspecified atom stereocenters. The van der Waals surface area contributed by atoms with Crippen LogP contribution in [-0.2, 0) is 4.79 Å². The third-order valence-electron chi connectivity index (χ3n) is 6.60. The number of nitrogens with one attached hydrogen (secondary N) is 1. The van der Waals surface area contributed by atoms with Crippen molar-refractivity contribution in [2.24, 2.45) is 0 Å². The fourth-order valence-corrected chi connectivity index (χ4v) is 4.96. The number of halogens is 2. The van der Waals surface area contributed by atoms with Crippen molar-refractivity contribution in [2.45, 2.75) is 12.1 Å². The first kappa shape index (κ1) is 22.3. The van der Waals surface area contributed by atoms with Gasteiger partial charge in [-0.25, -0.2) is 8.78 Å².